The first-order valence-corrected chi connectivity index (χ1v) is 7.67. The zero-order chi connectivity index (χ0) is 14.8. The van der Waals surface area contributed by atoms with Crippen LogP contribution in [0.4, 0.5) is 10.1 Å². The highest BCUT2D eigenvalue weighted by Gasteiger charge is 2.33. The number of nitrogens with one attached hydrogen (secondary N) is 1. The third kappa shape index (κ3) is 3.51. The molecule has 1 aliphatic rings. The summed E-state index contributed by atoms with van der Waals surface area (Å²) in [5.41, 5.74) is 2.43. The molecule has 0 unspecified atom stereocenters. The van der Waals surface area contributed by atoms with Crippen LogP contribution in [-0.4, -0.2) is 18.6 Å². The summed E-state index contributed by atoms with van der Waals surface area (Å²) in [5, 5.41) is 3.43. The van der Waals surface area contributed by atoms with Crippen LogP contribution in [0, 0.1) is 11.7 Å². The van der Waals surface area contributed by atoms with Gasteiger partial charge in [-0.15, -0.1) is 0 Å². The molecule has 0 aromatic heterocycles. The van der Waals surface area contributed by atoms with Gasteiger partial charge in [-0.25, -0.2) is 4.39 Å². The molecule has 2 rings (SSSR count). The molecule has 0 aliphatic carbocycles. The Labute approximate surface area is 122 Å². The van der Waals surface area contributed by atoms with Crippen molar-refractivity contribution in [2.75, 3.05) is 18.0 Å². The lowest BCUT2D eigenvalue weighted by Gasteiger charge is -2.35. The Hall–Kier alpha value is -1.09. The van der Waals surface area contributed by atoms with Crippen molar-refractivity contribution in [1.82, 2.24) is 5.32 Å². The molecule has 0 atom stereocenters. The lowest BCUT2D eigenvalue weighted by atomic mass is 10.0. The van der Waals surface area contributed by atoms with Gasteiger partial charge in [0, 0.05) is 24.3 Å². The van der Waals surface area contributed by atoms with E-state index in [4.69, 9.17) is 0 Å². The molecule has 20 heavy (non-hydrogen) atoms. The van der Waals surface area contributed by atoms with Crippen LogP contribution >= 0.6 is 0 Å². The second-order valence-electron chi connectivity index (χ2n) is 6.87. The van der Waals surface area contributed by atoms with Gasteiger partial charge in [0.1, 0.15) is 5.82 Å². The largest absolute Gasteiger partial charge is 0.366 e. The molecule has 1 saturated heterocycles. The van der Waals surface area contributed by atoms with Crippen LogP contribution in [0.25, 0.3) is 0 Å². The van der Waals surface area contributed by atoms with Gasteiger partial charge in [-0.1, -0.05) is 13.8 Å². The van der Waals surface area contributed by atoms with Crippen molar-refractivity contribution in [3.05, 3.63) is 29.6 Å². The number of hydrogen-bond acceptors (Lipinski definition) is 2. The Morgan fingerprint density at radius 1 is 1.35 bits per heavy atom. The number of halogens is 1. The van der Waals surface area contributed by atoms with E-state index in [-0.39, 0.29) is 11.4 Å². The van der Waals surface area contributed by atoms with Gasteiger partial charge in [0.15, 0.2) is 0 Å². The Morgan fingerprint density at radius 3 is 2.70 bits per heavy atom. The molecule has 1 fully saturated rings. The number of hydrogen-bond donors (Lipinski definition) is 1. The molecule has 1 N–H and O–H groups in total. The maximum atomic E-state index is 13.6. The van der Waals surface area contributed by atoms with Crippen molar-refractivity contribution < 1.29 is 4.39 Å². The molecule has 0 amide bonds. The molecule has 112 valence electrons. The summed E-state index contributed by atoms with van der Waals surface area (Å²) in [5.74, 6) is 0.460. The Bertz CT molecular complexity index is 454. The molecule has 1 aromatic carbocycles. The standard InChI is InChI=1S/C17H27FN2/c1-13(2)11-19-12-14-10-15(18)6-7-16(14)20-9-5-8-17(20,3)4/h6-7,10,13,19H,5,8-9,11-12H2,1-4H3. The van der Waals surface area contributed by atoms with E-state index in [1.165, 1.54) is 18.5 Å². The molecule has 0 bridgehead atoms. The average molecular weight is 278 g/mol. The Balaban J connectivity index is 2.19. The summed E-state index contributed by atoms with van der Waals surface area (Å²) < 4.78 is 13.6. The van der Waals surface area contributed by atoms with E-state index in [2.05, 4.69) is 37.9 Å². The number of anilines is 1. The minimum atomic E-state index is -0.146. The quantitative estimate of drug-likeness (QED) is 0.877. The number of benzene rings is 1. The molecule has 1 aromatic rings. The minimum Gasteiger partial charge on any atom is -0.366 e. The second-order valence-corrected chi connectivity index (χ2v) is 6.87. The Morgan fingerprint density at radius 2 is 2.10 bits per heavy atom. The lowest BCUT2D eigenvalue weighted by molar-refractivity contribution is 0.512. The summed E-state index contributed by atoms with van der Waals surface area (Å²) in [6.45, 7) is 11.7. The van der Waals surface area contributed by atoms with Gasteiger partial charge in [-0.2, -0.15) is 0 Å². The zero-order valence-corrected chi connectivity index (χ0v) is 13.2. The van der Waals surface area contributed by atoms with E-state index < -0.39 is 0 Å². The molecule has 0 saturated carbocycles. The predicted octanol–water partition coefficient (Wildman–Crippen LogP) is 3.95. The smallest absolute Gasteiger partial charge is 0.123 e. The highest BCUT2D eigenvalue weighted by Crippen LogP contribution is 2.35. The highest BCUT2D eigenvalue weighted by atomic mass is 19.1. The van der Waals surface area contributed by atoms with Gasteiger partial charge in [0.05, 0.1) is 0 Å². The molecule has 1 aliphatic heterocycles. The monoisotopic (exact) mass is 278 g/mol. The number of nitrogens with zero attached hydrogens (tertiary/aromatic N) is 1. The SMILES string of the molecule is CC(C)CNCc1cc(F)ccc1N1CCCC1(C)C. The first-order chi connectivity index (χ1) is 9.40. The highest BCUT2D eigenvalue weighted by molar-refractivity contribution is 5.56. The number of rotatable bonds is 5. The molecule has 0 spiro atoms. The van der Waals surface area contributed by atoms with Gasteiger partial charge in [0.25, 0.3) is 0 Å². The fraction of sp³-hybridized carbons (Fsp3) is 0.647. The fourth-order valence-electron chi connectivity index (χ4n) is 3.01. The third-order valence-electron chi connectivity index (χ3n) is 4.10. The van der Waals surface area contributed by atoms with Crippen LogP contribution in [0.2, 0.25) is 0 Å². The van der Waals surface area contributed by atoms with Gasteiger partial charge >= 0.3 is 0 Å². The van der Waals surface area contributed by atoms with Gasteiger partial charge in [-0.05, 0) is 62.9 Å². The van der Waals surface area contributed by atoms with E-state index >= 15 is 0 Å². The molecule has 1 heterocycles. The van der Waals surface area contributed by atoms with Crippen molar-refractivity contribution in [3.8, 4) is 0 Å². The molecular weight excluding hydrogens is 251 g/mol. The maximum Gasteiger partial charge on any atom is 0.123 e. The molecule has 2 nitrogen and oxygen atoms in total. The van der Waals surface area contributed by atoms with E-state index in [0.717, 1.165) is 25.2 Å². The topological polar surface area (TPSA) is 15.3 Å². The minimum absolute atomic E-state index is 0.146. The molecule has 3 heteroatoms. The van der Waals surface area contributed by atoms with E-state index in [1.807, 2.05) is 6.07 Å². The zero-order valence-electron chi connectivity index (χ0n) is 13.2. The summed E-state index contributed by atoms with van der Waals surface area (Å²) >= 11 is 0. The maximum absolute atomic E-state index is 13.6. The van der Waals surface area contributed by atoms with E-state index in [9.17, 15) is 4.39 Å². The summed E-state index contributed by atoms with van der Waals surface area (Å²) in [4.78, 5) is 2.43. The summed E-state index contributed by atoms with van der Waals surface area (Å²) in [7, 11) is 0. The van der Waals surface area contributed by atoms with Crippen molar-refractivity contribution in [2.24, 2.45) is 5.92 Å². The van der Waals surface area contributed by atoms with Crippen LogP contribution in [0.1, 0.15) is 46.1 Å². The van der Waals surface area contributed by atoms with Crippen LogP contribution in [0.3, 0.4) is 0 Å². The van der Waals surface area contributed by atoms with Crippen molar-refractivity contribution in [3.63, 3.8) is 0 Å². The van der Waals surface area contributed by atoms with Crippen molar-refractivity contribution >= 4 is 5.69 Å². The van der Waals surface area contributed by atoms with Gasteiger partial charge in [-0.3, -0.25) is 0 Å². The second kappa shape index (κ2) is 6.13. The third-order valence-corrected chi connectivity index (χ3v) is 4.10. The van der Waals surface area contributed by atoms with Crippen LogP contribution in [0.15, 0.2) is 18.2 Å². The first-order valence-electron chi connectivity index (χ1n) is 7.67. The fourth-order valence-corrected chi connectivity index (χ4v) is 3.01. The average Bonchev–Trinajstić information content (AvgIpc) is 2.69. The summed E-state index contributed by atoms with van der Waals surface area (Å²) in [6, 6.07) is 5.20. The summed E-state index contributed by atoms with van der Waals surface area (Å²) in [6.07, 6.45) is 2.41. The van der Waals surface area contributed by atoms with Crippen LogP contribution < -0.4 is 10.2 Å². The van der Waals surface area contributed by atoms with Crippen molar-refractivity contribution in [2.45, 2.75) is 52.6 Å². The normalized spacial score (nSPS) is 18.0. The van der Waals surface area contributed by atoms with Crippen LogP contribution in [0.5, 0.6) is 0 Å². The van der Waals surface area contributed by atoms with E-state index in [0.29, 0.717) is 5.92 Å². The molecule has 0 radical (unpaired) electrons. The van der Waals surface area contributed by atoms with Crippen LogP contribution in [-0.2, 0) is 6.54 Å². The first kappa shape index (κ1) is 15.3. The lowest BCUT2D eigenvalue weighted by Crippen LogP contribution is -2.39. The predicted molar refractivity (Wildman–Crippen MR) is 83.6 cm³/mol. The van der Waals surface area contributed by atoms with Gasteiger partial charge in [0.2, 0.25) is 0 Å². The van der Waals surface area contributed by atoms with Crippen molar-refractivity contribution in [1.29, 1.82) is 0 Å². The molecular formula is C17H27FN2. The Kier molecular flexibility index (Phi) is 4.69. The van der Waals surface area contributed by atoms with E-state index in [1.54, 1.807) is 12.1 Å². The van der Waals surface area contributed by atoms with Gasteiger partial charge < -0.3 is 10.2 Å².